The number of ketones is 1. The highest BCUT2D eigenvalue weighted by atomic mass is 32.1. The van der Waals surface area contributed by atoms with Gasteiger partial charge in [0.2, 0.25) is 0 Å². The molecule has 2 nitrogen and oxygen atoms in total. The SMILES string of the molecule is CC(=O)C1(c2ccccc2)CCN(Cc2ccsc2)CC1. The van der Waals surface area contributed by atoms with E-state index in [1.165, 1.54) is 11.1 Å². The zero-order valence-electron chi connectivity index (χ0n) is 12.4. The number of carbonyl (C=O) groups is 1. The molecule has 3 heteroatoms. The molecule has 1 aliphatic heterocycles. The van der Waals surface area contributed by atoms with E-state index >= 15 is 0 Å². The minimum absolute atomic E-state index is 0.271. The van der Waals surface area contributed by atoms with E-state index in [0.717, 1.165) is 32.5 Å². The molecule has 1 saturated heterocycles. The van der Waals surface area contributed by atoms with Gasteiger partial charge in [0.25, 0.3) is 0 Å². The van der Waals surface area contributed by atoms with Crippen molar-refractivity contribution in [3.8, 4) is 0 Å². The molecule has 1 aromatic carbocycles. The Kier molecular flexibility index (Phi) is 4.22. The molecule has 0 atom stereocenters. The summed E-state index contributed by atoms with van der Waals surface area (Å²) in [5.74, 6) is 0.309. The quantitative estimate of drug-likeness (QED) is 0.854. The molecule has 2 aromatic rings. The monoisotopic (exact) mass is 299 g/mol. The predicted molar refractivity (Wildman–Crippen MR) is 87.6 cm³/mol. The maximum Gasteiger partial charge on any atom is 0.140 e. The Hall–Kier alpha value is -1.45. The first kappa shape index (κ1) is 14.5. The van der Waals surface area contributed by atoms with E-state index in [1.807, 2.05) is 18.2 Å². The maximum atomic E-state index is 12.3. The van der Waals surface area contributed by atoms with Crippen molar-refractivity contribution in [2.24, 2.45) is 0 Å². The van der Waals surface area contributed by atoms with Crippen molar-refractivity contribution < 1.29 is 4.79 Å². The Morgan fingerprint density at radius 1 is 1.19 bits per heavy atom. The first-order chi connectivity index (χ1) is 10.2. The summed E-state index contributed by atoms with van der Waals surface area (Å²) in [6.07, 6.45) is 1.85. The molecule has 1 aliphatic rings. The van der Waals surface area contributed by atoms with Gasteiger partial charge < -0.3 is 0 Å². The van der Waals surface area contributed by atoms with Gasteiger partial charge in [-0.15, -0.1) is 0 Å². The number of hydrogen-bond donors (Lipinski definition) is 0. The lowest BCUT2D eigenvalue weighted by molar-refractivity contribution is -0.124. The highest BCUT2D eigenvalue weighted by molar-refractivity contribution is 7.07. The van der Waals surface area contributed by atoms with Crippen molar-refractivity contribution in [3.63, 3.8) is 0 Å². The summed E-state index contributed by atoms with van der Waals surface area (Å²) in [6, 6.07) is 12.5. The fourth-order valence-electron chi connectivity index (χ4n) is 3.33. The highest BCUT2D eigenvalue weighted by Crippen LogP contribution is 2.36. The van der Waals surface area contributed by atoms with Gasteiger partial charge in [0, 0.05) is 6.54 Å². The number of benzene rings is 1. The molecule has 0 amide bonds. The number of hydrogen-bond acceptors (Lipinski definition) is 3. The Balaban J connectivity index is 1.73. The predicted octanol–water partition coefficient (Wildman–Crippen LogP) is 3.87. The molecule has 1 aromatic heterocycles. The van der Waals surface area contributed by atoms with Gasteiger partial charge in [-0.25, -0.2) is 0 Å². The molecule has 3 rings (SSSR count). The van der Waals surface area contributed by atoms with E-state index in [2.05, 4.69) is 33.9 Å². The summed E-state index contributed by atoms with van der Waals surface area (Å²) in [5, 5.41) is 4.34. The van der Waals surface area contributed by atoms with Crippen LogP contribution in [0.15, 0.2) is 47.2 Å². The van der Waals surface area contributed by atoms with Gasteiger partial charge in [-0.05, 0) is 60.8 Å². The van der Waals surface area contributed by atoms with Gasteiger partial charge in [-0.1, -0.05) is 30.3 Å². The molecule has 1 fully saturated rings. The topological polar surface area (TPSA) is 20.3 Å². The molecule has 21 heavy (non-hydrogen) atoms. The van der Waals surface area contributed by atoms with Gasteiger partial charge in [-0.3, -0.25) is 9.69 Å². The first-order valence-electron chi connectivity index (χ1n) is 7.51. The number of rotatable bonds is 4. The van der Waals surface area contributed by atoms with Gasteiger partial charge in [-0.2, -0.15) is 11.3 Å². The van der Waals surface area contributed by atoms with Crippen molar-refractivity contribution in [3.05, 3.63) is 58.3 Å². The summed E-state index contributed by atoms with van der Waals surface area (Å²) >= 11 is 1.75. The zero-order valence-corrected chi connectivity index (χ0v) is 13.2. The lowest BCUT2D eigenvalue weighted by Gasteiger charge is -2.40. The summed E-state index contributed by atoms with van der Waals surface area (Å²) in [6.45, 7) is 4.74. The third-order valence-electron chi connectivity index (χ3n) is 4.70. The van der Waals surface area contributed by atoms with Crippen LogP contribution in [0.1, 0.15) is 30.9 Å². The number of carbonyl (C=O) groups excluding carboxylic acids is 1. The second-order valence-electron chi connectivity index (χ2n) is 5.91. The van der Waals surface area contributed by atoms with Crippen LogP contribution in [0.4, 0.5) is 0 Å². The normalized spacial score (nSPS) is 18.5. The molecule has 0 spiro atoms. The van der Waals surface area contributed by atoms with E-state index < -0.39 is 0 Å². The summed E-state index contributed by atoms with van der Waals surface area (Å²) in [5.41, 5.74) is 2.30. The van der Waals surface area contributed by atoms with Gasteiger partial charge in [0.15, 0.2) is 0 Å². The van der Waals surface area contributed by atoms with Crippen LogP contribution in [0, 0.1) is 0 Å². The van der Waals surface area contributed by atoms with Crippen LogP contribution in [0.25, 0.3) is 0 Å². The third-order valence-corrected chi connectivity index (χ3v) is 5.43. The van der Waals surface area contributed by atoms with Crippen LogP contribution in [0.2, 0.25) is 0 Å². The summed E-state index contributed by atoms with van der Waals surface area (Å²) in [4.78, 5) is 14.8. The van der Waals surface area contributed by atoms with Crippen LogP contribution >= 0.6 is 11.3 Å². The second kappa shape index (κ2) is 6.12. The molecule has 0 aliphatic carbocycles. The Morgan fingerprint density at radius 3 is 2.48 bits per heavy atom. The summed E-state index contributed by atoms with van der Waals surface area (Å²) < 4.78 is 0. The van der Waals surface area contributed by atoms with Gasteiger partial charge in [0.1, 0.15) is 5.78 Å². The maximum absolute atomic E-state index is 12.3. The van der Waals surface area contributed by atoms with E-state index in [9.17, 15) is 4.79 Å². The first-order valence-corrected chi connectivity index (χ1v) is 8.45. The molecule has 0 unspecified atom stereocenters. The molecular weight excluding hydrogens is 278 g/mol. The number of piperidine rings is 1. The van der Waals surface area contributed by atoms with Gasteiger partial charge >= 0.3 is 0 Å². The van der Waals surface area contributed by atoms with Crippen molar-refractivity contribution in [2.45, 2.75) is 31.7 Å². The van der Waals surface area contributed by atoms with E-state index in [-0.39, 0.29) is 5.41 Å². The van der Waals surface area contributed by atoms with Crippen molar-refractivity contribution >= 4 is 17.1 Å². The van der Waals surface area contributed by atoms with Crippen LogP contribution in [-0.4, -0.2) is 23.8 Å². The lowest BCUT2D eigenvalue weighted by Crippen LogP contribution is -2.46. The average molecular weight is 299 g/mol. The smallest absolute Gasteiger partial charge is 0.140 e. The minimum Gasteiger partial charge on any atom is -0.299 e. The zero-order chi connectivity index (χ0) is 14.7. The molecule has 0 bridgehead atoms. The summed E-state index contributed by atoms with van der Waals surface area (Å²) in [7, 11) is 0. The highest BCUT2D eigenvalue weighted by Gasteiger charge is 2.40. The number of thiophene rings is 1. The van der Waals surface area contributed by atoms with Crippen molar-refractivity contribution in [1.29, 1.82) is 0 Å². The van der Waals surface area contributed by atoms with Crippen LogP contribution in [0.3, 0.4) is 0 Å². The molecule has 110 valence electrons. The van der Waals surface area contributed by atoms with Crippen LogP contribution in [0.5, 0.6) is 0 Å². The largest absolute Gasteiger partial charge is 0.299 e. The third kappa shape index (κ3) is 2.94. The fraction of sp³-hybridized carbons (Fsp3) is 0.389. The minimum atomic E-state index is -0.271. The van der Waals surface area contributed by atoms with E-state index in [0.29, 0.717) is 5.78 Å². The fourth-order valence-corrected chi connectivity index (χ4v) is 3.99. The standard InChI is InChI=1S/C18H21NOS/c1-15(20)18(17-5-3-2-4-6-17)8-10-19(11-9-18)13-16-7-12-21-14-16/h2-7,12,14H,8-11,13H2,1H3. The van der Waals surface area contributed by atoms with Gasteiger partial charge in [0.05, 0.1) is 5.41 Å². The van der Waals surface area contributed by atoms with Crippen LogP contribution in [-0.2, 0) is 16.8 Å². The van der Waals surface area contributed by atoms with Crippen molar-refractivity contribution in [1.82, 2.24) is 4.90 Å². The Bertz CT molecular complexity index is 583. The Morgan fingerprint density at radius 2 is 1.90 bits per heavy atom. The Labute approximate surface area is 130 Å². The van der Waals surface area contributed by atoms with E-state index in [1.54, 1.807) is 18.3 Å². The second-order valence-corrected chi connectivity index (χ2v) is 6.69. The average Bonchev–Trinajstić information content (AvgIpc) is 3.02. The van der Waals surface area contributed by atoms with Crippen LogP contribution < -0.4 is 0 Å². The number of Topliss-reactive ketones (excluding diaryl/α,β-unsaturated/α-hetero) is 1. The molecule has 0 saturated carbocycles. The lowest BCUT2D eigenvalue weighted by atomic mass is 9.70. The van der Waals surface area contributed by atoms with E-state index in [4.69, 9.17) is 0 Å². The molecular formula is C18H21NOS. The molecule has 2 heterocycles. The number of nitrogens with zero attached hydrogens (tertiary/aromatic N) is 1. The molecule has 0 N–H and O–H groups in total. The molecule has 0 radical (unpaired) electrons. The van der Waals surface area contributed by atoms with Crippen molar-refractivity contribution in [2.75, 3.05) is 13.1 Å². The number of likely N-dealkylation sites (tertiary alicyclic amines) is 1.